The Morgan fingerprint density at radius 1 is 1.62 bits per heavy atom. The van der Waals surface area contributed by atoms with Gasteiger partial charge in [-0.15, -0.1) is 0 Å². The van der Waals surface area contributed by atoms with Crippen molar-refractivity contribution in [2.45, 2.75) is 32.4 Å². The van der Waals surface area contributed by atoms with Crippen molar-refractivity contribution in [2.75, 3.05) is 13.2 Å². The van der Waals surface area contributed by atoms with E-state index in [9.17, 15) is 4.79 Å². The van der Waals surface area contributed by atoms with E-state index in [1.807, 2.05) is 0 Å². The van der Waals surface area contributed by atoms with E-state index in [1.165, 1.54) is 0 Å². The first-order valence-corrected chi connectivity index (χ1v) is 4.19. The van der Waals surface area contributed by atoms with E-state index in [0.29, 0.717) is 0 Å². The topological polar surface area (TPSA) is 84.6 Å². The molecule has 0 fully saturated rings. The fraction of sp³-hybridized carbons (Fsp3) is 0.875. The lowest BCUT2D eigenvalue weighted by atomic mass is 10.2. The summed E-state index contributed by atoms with van der Waals surface area (Å²) in [6, 6.07) is -0.435. The highest BCUT2D eigenvalue weighted by Gasteiger charge is 2.18. The second kappa shape index (κ2) is 5.04. The van der Waals surface area contributed by atoms with Crippen LogP contribution in [0.1, 0.15) is 20.8 Å². The highest BCUT2D eigenvalue weighted by atomic mass is 16.6. The lowest BCUT2D eigenvalue weighted by Crippen LogP contribution is -2.44. The Kier molecular flexibility index (Phi) is 4.72. The molecule has 0 spiro atoms. The normalized spacial score (nSPS) is 13.6. The molecule has 1 unspecified atom stereocenters. The van der Waals surface area contributed by atoms with E-state index in [-0.39, 0.29) is 13.2 Å². The van der Waals surface area contributed by atoms with Gasteiger partial charge in [0.1, 0.15) is 5.60 Å². The molecule has 0 aliphatic heterocycles. The summed E-state index contributed by atoms with van der Waals surface area (Å²) in [5.41, 5.74) is 4.74. The molecule has 5 nitrogen and oxygen atoms in total. The monoisotopic (exact) mass is 190 g/mol. The summed E-state index contributed by atoms with van der Waals surface area (Å²) >= 11 is 0. The zero-order chi connectivity index (χ0) is 10.5. The van der Waals surface area contributed by atoms with E-state index in [1.54, 1.807) is 20.8 Å². The van der Waals surface area contributed by atoms with Gasteiger partial charge in [-0.25, -0.2) is 4.79 Å². The number of rotatable bonds is 3. The predicted molar refractivity (Wildman–Crippen MR) is 49.3 cm³/mol. The number of alkyl carbamates (subject to hydrolysis) is 1. The Labute approximate surface area is 78.3 Å². The van der Waals surface area contributed by atoms with Crippen molar-refractivity contribution >= 4 is 6.09 Å². The van der Waals surface area contributed by atoms with Gasteiger partial charge in [0, 0.05) is 6.54 Å². The Morgan fingerprint density at radius 3 is 2.46 bits per heavy atom. The zero-order valence-corrected chi connectivity index (χ0v) is 8.33. The molecule has 0 aliphatic carbocycles. The van der Waals surface area contributed by atoms with E-state index in [4.69, 9.17) is 15.6 Å². The smallest absolute Gasteiger partial charge is 0.407 e. The number of aliphatic hydroxyl groups is 1. The minimum absolute atomic E-state index is 0.185. The van der Waals surface area contributed by atoms with Crippen LogP contribution in [0.15, 0.2) is 0 Å². The number of hydrogen-bond acceptors (Lipinski definition) is 4. The number of aliphatic hydroxyl groups excluding tert-OH is 1. The highest BCUT2D eigenvalue weighted by Crippen LogP contribution is 2.06. The van der Waals surface area contributed by atoms with Gasteiger partial charge in [-0.05, 0) is 20.8 Å². The van der Waals surface area contributed by atoms with Crippen molar-refractivity contribution in [3.05, 3.63) is 0 Å². The lowest BCUT2D eigenvalue weighted by Gasteiger charge is -2.22. The molecule has 0 aromatic heterocycles. The number of nitrogens with one attached hydrogen (secondary N) is 1. The van der Waals surface area contributed by atoms with Crippen molar-refractivity contribution in [1.29, 1.82) is 0 Å². The second-order valence-corrected chi connectivity index (χ2v) is 3.76. The molecule has 5 heteroatoms. The highest BCUT2D eigenvalue weighted by molar-refractivity contribution is 5.68. The Hall–Kier alpha value is -0.810. The maximum absolute atomic E-state index is 11.1. The number of ether oxygens (including phenoxy) is 1. The third kappa shape index (κ3) is 6.36. The van der Waals surface area contributed by atoms with Crippen molar-refractivity contribution < 1.29 is 14.6 Å². The second-order valence-electron chi connectivity index (χ2n) is 3.76. The Balaban J connectivity index is 3.86. The maximum atomic E-state index is 11.1. The van der Waals surface area contributed by atoms with Gasteiger partial charge < -0.3 is 20.9 Å². The van der Waals surface area contributed by atoms with E-state index in [0.717, 1.165) is 0 Å². The first-order chi connectivity index (χ1) is 5.89. The van der Waals surface area contributed by atoms with Crippen LogP contribution in [-0.2, 0) is 4.74 Å². The standard InChI is InChI=1S/C8H18N2O3/c1-8(2,3)13-7(12)10-6(4-9)5-11/h6,11H,4-5,9H2,1-3H3,(H,10,12). The summed E-state index contributed by atoms with van der Waals surface area (Å²) in [5, 5.41) is 11.2. The van der Waals surface area contributed by atoms with Gasteiger partial charge in [0.15, 0.2) is 0 Å². The van der Waals surface area contributed by atoms with Crippen molar-refractivity contribution in [2.24, 2.45) is 5.73 Å². The third-order valence-corrected chi connectivity index (χ3v) is 1.23. The largest absolute Gasteiger partial charge is 0.444 e. The molecule has 1 amide bonds. The Bertz CT molecular complexity index is 161. The molecule has 1 atom stereocenters. The molecule has 78 valence electrons. The van der Waals surface area contributed by atoms with Crippen LogP contribution in [0.4, 0.5) is 4.79 Å². The molecule has 0 saturated carbocycles. The fourth-order valence-corrected chi connectivity index (χ4v) is 0.653. The average molecular weight is 190 g/mol. The Morgan fingerprint density at radius 2 is 2.15 bits per heavy atom. The molecular formula is C8H18N2O3. The molecule has 0 bridgehead atoms. The van der Waals surface area contributed by atoms with E-state index in [2.05, 4.69) is 5.32 Å². The predicted octanol–water partition coefficient (Wildman–Crippen LogP) is -0.169. The van der Waals surface area contributed by atoms with Gasteiger partial charge in [0.05, 0.1) is 12.6 Å². The van der Waals surface area contributed by atoms with Gasteiger partial charge in [0.25, 0.3) is 0 Å². The van der Waals surface area contributed by atoms with Crippen LogP contribution in [-0.4, -0.2) is 36.0 Å². The van der Waals surface area contributed by atoms with E-state index >= 15 is 0 Å². The minimum atomic E-state index is -0.558. The average Bonchev–Trinajstić information content (AvgIpc) is 1.96. The molecule has 0 saturated heterocycles. The summed E-state index contributed by atoms with van der Waals surface area (Å²) in [6.45, 7) is 5.31. The van der Waals surface area contributed by atoms with E-state index < -0.39 is 17.7 Å². The first kappa shape index (κ1) is 12.2. The van der Waals surface area contributed by atoms with Gasteiger partial charge in [-0.1, -0.05) is 0 Å². The SMILES string of the molecule is CC(C)(C)OC(=O)NC(CN)CO. The number of hydrogen-bond donors (Lipinski definition) is 3. The van der Waals surface area contributed by atoms with Crippen molar-refractivity contribution in [1.82, 2.24) is 5.32 Å². The molecule has 4 N–H and O–H groups in total. The summed E-state index contributed by atoms with van der Waals surface area (Å²) in [7, 11) is 0. The van der Waals surface area contributed by atoms with Crippen LogP contribution in [0.2, 0.25) is 0 Å². The number of nitrogens with two attached hydrogens (primary N) is 1. The third-order valence-electron chi connectivity index (χ3n) is 1.23. The zero-order valence-electron chi connectivity index (χ0n) is 8.33. The quantitative estimate of drug-likeness (QED) is 0.577. The van der Waals surface area contributed by atoms with Gasteiger partial charge in [-0.2, -0.15) is 0 Å². The maximum Gasteiger partial charge on any atom is 0.407 e. The molecule has 0 aromatic carbocycles. The molecule has 0 aromatic rings. The molecular weight excluding hydrogens is 172 g/mol. The lowest BCUT2D eigenvalue weighted by molar-refractivity contribution is 0.0485. The van der Waals surface area contributed by atoms with Crippen molar-refractivity contribution in [3.8, 4) is 0 Å². The molecule has 0 radical (unpaired) electrons. The molecule has 13 heavy (non-hydrogen) atoms. The summed E-state index contributed by atoms with van der Waals surface area (Å²) in [4.78, 5) is 11.1. The molecule has 0 aliphatic rings. The van der Waals surface area contributed by atoms with Crippen molar-refractivity contribution in [3.63, 3.8) is 0 Å². The van der Waals surface area contributed by atoms with Gasteiger partial charge in [-0.3, -0.25) is 0 Å². The number of amides is 1. The molecule has 0 rings (SSSR count). The first-order valence-electron chi connectivity index (χ1n) is 4.19. The summed E-state index contributed by atoms with van der Waals surface area (Å²) in [6.07, 6.45) is -0.558. The number of carbonyl (C=O) groups excluding carboxylic acids is 1. The van der Waals surface area contributed by atoms with Crippen LogP contribution in [0.5, 0.6) is 0 Å². The molecule has 0 heterocycles. The minimum Gasteiger partial charge on any atom is -0.444 e. The van der Waals surface area contributed by atoms with Crippen LogP contribution in [0, 0.1) is 0 Å². The fourth-order valence-electron chi connectivity index (χ4n) is 0.653. The van der Waals surface area contributed by atoms with Crippen LogP contribution < -0.4 is 11.1 Å². The van der Waals surface area contributed by atoms with Gasteiger partial charge in [0.2, 0.25) is 0 Å². The number of carbonyl (C=O) groups is 1. The van der Waals surface area contributed by atoms with Gasteiger partial charge >= 0.3 is 6.09 Å². The summed E-state index contributed by atoms with van der Waals surface area (Å²) in [5.74, 6) is 0. The summed E-state index contributed by atoms with van der Waals surface area (Å²) < 4.78 is 4.96. The van der Waals surface area contributed by atoms with Crippen LogP contribution in [0.25, 0.3) is 0 Å². The van der Waals surface area contributed by atoms with Crippen LogP contribution >= 0.6 is 0 Å². The van der Waals surface area contributed by atoms with Crippen LogP contribution in [0.3, 0.4) is 0 Å².